The van der Waals surface area contributed by atoms with Crippen LogP contribution in [-0.4, -0.2) is 4.98 Å². The standard InChI is InChI=1S/C13H15BrN2S/c1-8(2)12-11(17-13(15)16-12)7-9-5-3-4-6-10(9)14/h3-6,8H,7H2,1-2H3,(H2,15,16). The molecule has 17 heavy (non-hydrogen) atoms. The van der Waals surface area contributed by atoms with Gasteiger partial charge in [0.15, 0.2) is 5.13 Å². The number of rotatable bonds is 3. The van der Waals surface area contributed by atoms with Gasteiger partial charge in [-0.1, -0.05) is 48.0 Å². The molecule has 0 saturated heterocycles. The molecular weight excluding hydrogens is 296 g/mol. The zero-order valence-electron chi connectivity index (χ0n) is 9.90. The van der Waals surface area contributed by atoms with E-state index in [4.69, 9.17) is 5.73 Å². The number of aromatic nitrogens is 1. The Hall–Kier alpha value is -0.870. The van der Waals surface area contributed by atoms with E-state index in [1.807, 2.05) is 6.07 Å². The van der Waals surface area contributed by atoms with E-state index in [2.05, 4.69) is 53.0 Å². The smallest absolute Gasteiger partial charge is 0.180 e. The number of nitrogen functional groups attached to an aromatic ring is 1. The number of thiazole rings is 1. The Labute approximate surface area is 114 Å². The highest BCUT2D eigenvalue weighted by Gasteiger charge is 2.14. The van der Waals surface area contributed by atoms with Crippen molar-refractivity contribution in [2.45, 2.75) is 26.2 Å². The first-order chi connectivity index (χ1) is 8.08. The van der Waals surface area contributed by atoms with E-state index in [0.29, 0.717) is 11.0 Å². The number of halogens is 1. The van der Waals surface area contributed by atoms with Gasteiger partial charge in [0.05, 0.1) is 5.69 Å². The summed E-state index contributed by atoms with van der Waals surface area (Å²) in [5, 5.41) is 0.663. The predicted molar refractivity (Wildman–Crippen MR) is 77.6 cm³/mol. The van der Waals surface area contributed by atoms with Gasteiger partial charge in [-0.3, -0.25) is 0 Å². The molecular formula is C13H15BrN2S. The van der Waals surface area contributed by atoms with Gasteiger partial charge in [0, 0.05) is 15.8 Å². The molecule has 1 aromatic carbocycles. The second-order valence-electron chi connectivity index (χ2n) is 4.28. The van der Waals surface area contributed by atoms with Crippen molar-refractivity contribution in [3.63, 3.8) is 0 Å². The van der Waals surface area contributed by atoms with E-state index in [1.54, 1.807) is 11.3 Å². The van der Waals surface area contributed by atoms with Crippen molar-refractivity contribution >= 4 is 32.4 Å². The first-order valence-electron chi connectivity index (χ1n) is 5.56. The van der Waals surface area contributed by atoms with E-state index >= 15 is 0 Å². The summed E-state index contributed by atoms with van der Waals surface area (Å²) in [6.07, 6.45) is 0.893. The molecule has 90 valence electrons. The summed E-state index contributed by atoms with van der Waals surface area (Å²) < 4.78 is 1.14. The van der Waals surface area contributed by atoms with Crippen LogP contribution < -0.4 is 5.73 Å². The highest BCUT2D eigenvalue weighted by molar-refractivity contribution is 9.10. The van der Waals surface area contributed by atoms with Crippen LogP contribution in [0.5, 0.6) is 0 Å². The van der Waals surface area contributed by atoms with E-state index in [1.165, 1.54) is 10.4 Å². The molecule has 0 aliphatic carbocycles. The van der Waals surface area contributed by atoms with E-state index in [0.717, 1.165) is 16.6 Å². The Bertz CT molecular complexity index is 520. The number of benzene rings is 1. The van der Waals surface area contributed by atoms with Gasteiger partial charge in [0.25, 0.3) is 0 Å². The summed E-state index contributed by atoms with van der Waals surface area (Å²) in [7, 11) is 0. The molecule has 0 fully saturated rings. The van der Waals surface area contributed by atoms with Gasteiger partial charge in [0.1, 0.15) is 0 Å². The molecule has 2 N–H and O–H groups in total. The van der Waals surface area contributed by atoms with Gasteiger partial charge in [-0.25, -0.2) is 4.98 Å². The predicted octanol–water partition coefficient (Wildman–Crippen LogP) is 4.20. The molecule has 0 atom stereocenters. The fourth-order valence-corrected chi connectivity index (χ4v) is 3.21. The maximum atomic E-state index is 5.80. The largest absolute Gasteiger partial charge is 0.375 e. The Morgan fingerprint density at radius 2 is 2.06 bits per heavy atom. The Balaban J connectivity index is 2.33. The van der Waals surface area contributed by atoms with Crippen LogP contribution in [0.1, 0.15) is 35.9 Å². The molecule has 0 radical (unpaired) electrons. The molecule has 2 nitrogen and oxygen atoms in total. The van der Waals surface area contributed by atoms with Crippen molar-refractivity contribution in [1.29, 1.82) is 0 Å². The van der Waals surface area contributed by atoms with Crippen LogP contribution in [0, 0.1) is 0 Å². The lowest BCUT2D eigenvalue weighted by atomic mass is 10.1. The lowest BCUT2D eigenvalue weighted by Gasteiger charge is -2.06. The Morgan fingerprint density at radius 1 is 1.35 bits per heavy atom. The molecule has 1 aromatic heterocycles. The summed E-state index contributed by atoms with van der Waals surface area (Å²) in [4.78, 5) is 5.68. The van der Waals surface area contributed by atoms with Gasteiger partial charge >= 0.3 is 0 Å². The summed E-state index contributed by atoms with van der Waals surface area (Å²) in [6.45, 7) is 4.30. The van der Waals surface area contributed by atoms with Crippen LogP contribution >= 0.6 is 27.3 Å². The second-order valence-corrected chi connectivity index (χ2v) is 6.25. The zero-order valence-corrected chi connectivity index (χ0v) is 12.3. The van der Waals surface area contributed by atoms with Crippen molar-refractivity contribution in [1.82, 2.24) is 4.98 Å². The van der Waals surface area contributed by atoms with Crippen LogP contribution in [0.25, 0.3) is 0 Å². The van der Waals surface area contributed by atoms with Crippen LogP contribution in [0.4, 0.5) is 5.13 Å². The Kier molecular flexibility index (Phi) is 3.84. The minimum Gasteiger partial charge on any atom is -0.375 e. The summed E-state index contributed by atoms with van der Waals surface area (Å²) >= 11 is 5.17. The third-order valence-corrected chi connectivity index (χ3v) is 4.27. The maximum absolute atomic E-state index is 5.80. The highest BCUT2D eigenvalue weighted by Crippen LogP contribution is 2.30. The average Bonchev–Trinajstić information content (AvgIpc) is 2.63. The van der Waals surface area contributed by atoms with Crippen LogP contribution in [0.15, 0.2) is 28.7 Å². The second kappa shape index (κ2) is 5.19. The molecule has 2 aromatic rings. The average molecular weight is 311 g/mol. The van der Waals surface area contributed by atoms with E-state index in [-0.39, 0.29) is 0 Å². The highest BCUT2D eigenvalue weighted by atomic mass is 79.9. The Morgan fingerprint density at radius 3 is 2.71 bits per heavy atom. The quantitative estimate of drug-likeness (QED) is 0.922. The molecule has 0 saturated carbocycles. The van der Waals surface area contributed by atoms with Crippen LogP contribution in [-0.2, 0) is 6.42 Å². The molecule has 0 aliphatic heterocycles. The number of hydrogen-bond donors (Lipinski definition) is 1. The van der Waals surface area contributed by atoms with Gasteiger partial charge in [-0.2, -0.15) is 0 Å². The summed E-state index contributed by atoms with van der Waals surface area (Å²) in [5.74, 6) is 0.418. The van der Waals surface area contributed by atoms with Crippen molar-refractivity contribution in [2.24, 2.45) is 0 Å². The minimum absolute atomic E-state index is 0.418. The van der Waals surface area contributed by atoms with Crippen molar-refractivity contribution < 1.29 is 0 Å². The van der Waals surface area contributed by atoms with E-state index < -0.39 is 0 Å². The minimum atomic E-state index is 0.418. The molecule has 0 bridgehead atoms. The van der Waals surface area contributed by atoms with Crippen LogP contribution in [0.3, 0.4) is 0 Å². The summed E-state index contributed by atoms with van der Waals surface area (Å²) in [6, 6.07) is 8.27. The number of hydrogen-bond acceptors (Lipinski definition) is 3. The monoisotopic (exact) mass is 310 g/mol. The molecule has 1 heterocycles. The molecule has 0 spiro atoms. The fourth-order valence-electron chi connectivity index (χ4n) is 1.77. The molecule has 0 unspecified atom stereocenters. The molecule has 0 amide bonds. The normalized spacial score (nSPS) is 11.1. The van der Waals surface area contributed by atoms with Gasteiger partial charge < -0.3 is 5.73 Å². The SMILES string of the molecule is CC(C)c1nc(N)sc1Cc1ccccc1Br. The lowest BCUT2D eigenvalue weighted by molar-refractivity contribution is 0.820. The zero-order chi connectivity index (χ0) is 12.4. The third-order valence-electron chi connectivity index (χ3n) is 2.60. The summed E-state index contributed by atoms with van der Waals surface area (Å²) in [5.41, 5.74) is 8.21. The third kappa shape index (κ3) is 2.87. The first-order valence-corrected chi connectivity index (χ1v) is 7.17. The van der Waals surface area contributed by atoms with E-state index in [9.17, 15) is 0 Å². The maximum Gasteiger partial charge on any atom is 0.180 e. The van der Waals surface area contributed by atoms with Crippen molar-refractivity contribution in [3.8, 4) is 0 Å². The number of nitrogens with zero attached hydrogens (tertiary/aromatic N) is 1. The molecule has 4 heteroatoms. The molecule has 2 rings (SSSR count). The number of anilines is 1. The lowest BCUT2D eigenvalue weighted by Crippen LogP contribution is -1.95. The first kappa shape index (κ1) is 12.6. The fraction of sp³-hybridized carbons (Fsp3) is 0.308. The van der Waals surface area contributed by atoms with Crippen molar-refractivity contribution in [3.05, 3.63) is 44.9 Å². The van der Waals surface area contributed by atoms with Gasteiger partial charge in [-0.15, -0.1) is 11.3 Å². The van der Waals surface area contributed by atoms with Crippen LogP contribution in [0.2, 0.25) is 0 Å². The number of nitrogens with two attached hydrogens (primary N) is 1. The van der Waals surface area contributed by atoms with Crippen molar-refractivity contribution in [2.75, 3.05) is 5.73 Å². The van der Waals surface area contributed by atoms with Gasteiger partial charge in [-0.05, 0) is 17.5 Å². The topological polar surface area (TPSA) is 38.9 Å². The molecule has 0 aliphatic rings. The van der Waals surface area contributed by atoms with Gasteiger partial charge in [0.2, 0.25) is 0 Å².